The lowest BCUT2D eigenvalue weighted by atomic mass is 10.1. The summed E-state index contributed by atoms with van der Waals surface area (Å²) in [6.45, 7) is 0.527. The van der Waals surface area contributed by atoms with Crippen molar-refractivity contribution in [3.05, 3.63) is 83.0 Å². The van der Waals surface area contributed by atoms with Gasteiger partial charge >= 0.3 is 0 Å². The summed E-state index contributed by atoms with van der Waals surface area (Å²) >= 11 is 1.41. The van der Waals surface area contributed by atoms with Gasteiger partial charge in [-0.2, -0.15) is 0 Å². The van der Waals surface area contributed by atoms with Gasteiger partial charge in [0.2, 0.25) is 0 Å². The van der Waals surface area contributed by atoms with Crippen LogP contribution in [0.5, 0.6) is 0 Å². The van der Waals surface area contributed by atoms with Crippen LogP contribution in [0.1, 0.15) is 21.3 Å². The summed E-state index contributed by atoms with van der Waals surface area (Å²) < 4.78 is 13.1. The average Bonchev–Trinajstić information content (AvgIpc) is 3.13. The van der Waals surface area contributed by atoms with Crippen LogP contribution in [0.25, 0.3) is 10.4 Å². The zero-order chi connectivity index (χ0) is 18.5. The number of thiophene rings is 1. The van der Waals surface area contributed by atoms with Crippen molar-refractivity contribution in [3.8, 4) is 10.4 Å². The van der Waals surface area contributed by atoms with Gasteiger partial charge in [0.1, 0.15) is 5.82 Å². The van der Waals surface area contributed by atoms with Gasteiger partial charge < -0.3 is 10.2 Å². The fraction of sp³-hybridized carbons (Fsp3) is 0.190. The molecule has 26 heavy (non-hydrogen) atoms. The summed E-state index contributed by atoms with van der Waals surface area (Å²) in [4.78, 5) is 16.2. The summed E-state index contributed by atoms with van der Waals surface area (Å²) in [7, 11) is 4.00. The first-order valence-corrected chi connectivity index (χ1v) is 9.21. The molecular weight excluding hydrogens is 347 g/mol. The minimum absolute atomic E-state index is 0.0915. The molecule has 0 aliphatic rings. The van der Waals surface area contributed by atoms with E-state index >= 15 is 0 Å². The number of carbonyl (C=O) groups is 1. The summed E-state index contributed by atoms with van der Waals surface area (Å²) in [6, 6.07) is 20.2. The molecule has 1 N–H and O–H groups in total. The Morgan fingerprint density at radius 1 is 1.04 bits per heavy atom. The molecule has 5 heteroatoms. The van der Waals surface area contributed by atoms with E-state index in [-0.39, 0.29) is 17.8 Å². The Morgan fingerprint density at radius 3 is 2.38 bits per heavy atom. The van der Waals surface area contributed by atoms with Crippen LogP contribution in [0.4, 0.5) is 4.39 Å². The van der Waals surface area contributed by atoms with Gasteiger partial charge in [-0.3, -0.25) is 4.79 Å². The van der Waals surface area contributed by atoms with Crippen LogP contribution in [0, 0.1) is 5.82 Å². The summed E-state index contributed by atoms with van der Waals surface area (Å²) in [5, 5.41) is 3.02. The third kappa shape index (κ3) is 4.36. The molecule has 0 fully saturated rings. The van der Waals surface area contributed by atoms with Crippen molar-refractivity contribution >= 4 is 17.2 Å². The SMILES string of the molecule is CN(C)C(CNC(=O)c1ccc(-c2ccc(F)cc2)s1)c1ccccc1. The Kier molecular flexibility index (Phi) is 5.81. The van der Waals surface area contributed by atoms with Crippen molar-refractivity contribution in [2.75, 3.05) is 20.6 Å². The van der Waals surface area contributed by atoms with Gasteiger partial charge in [0.15, 0.2) is 0 Å². The molecule has 1 unspecified atom stereocenters. The highest BCUT2D eigenvalue weighted by Gasteiger charge is 2.16. The van der Waals surface area contributed by atoms with Crippen molar-refractivity contribution in [2.45, 2.75) is 6.04 Å². The van der Waals surface area contributed by atoms with Gasteiger partial charge in [-0.1, -0.05) is 42.5 Å². The Hall–Kier alpha value is -2.50. The predicted octanol–water partition coefficient (Wildman–Crippen LogP) is 4.59. The standard InChI is InChI=1S/C21H21FN2OS/c1-24(2)18(15-6-4-3-5-7-15)14-23-21(25)20-13-12-19(26-20)16-8-10-17(22)11-9-16/h3-13,18H,14H2,1-2H3,(H,23,25). The van der Waals surface area contributed by atoms with Crippen LogP contribution < -0.4 is 5.32 Å². The summed E-state index contributed by atoms with van der Waals surface area (Å²) in [5.41, 5.74) is 2.07. The normalized spacial score (nSPS) is 12.2. The molecule has 0 aliphatic heterocycles. The van der Waals surface area contributed by atoms with E-state index in [0.29, 0.717) is 11.4 Å². The quantitative estimate of drug-likeness (QED) is 0.690. The Labute approximate surface area is 157 Å². The highest BCUT2D eigenvalue weighted by Crippen LogP contribution is 2.28. The lowest BCUT2D eigenvalue weighted by Gasteiger charge is -2.25. The van der Waals surface area contributed by atoms with Gasteiger partial charge in [0.25, 0.3) is 5.91 Å². The Bertz CT molecular complexity index is 859. The van der Waals surface area contributed by atoms with Gasteiger partial charge in [-0.15, -0.1) is 11.3 Å². The number of rotatable bonds is 6. The van der Waals surface area contributed by atoms with E-state index < -0.39 is 0 Å². The molecule has 3 nitrogen and oxygen atoms in total. The zero-order valence-electron chi connectivity index (χ0n) is 14.8. The third-order valence-electron chi connectivity index (χ3n) is 4.22. The van der Waals surface area contributed by atoms with E-state index in [2.05, 4.69) is 22.3 Å². The predicted molar refractivity (Wildman–Crippen MR) is 105 cm³/mol. The lowest BCUT2D eigenvalue weighted by molar-refractivity contribution is 0.0946. The maximum atomic E-state index is 13.1. The van der Waals surface area contributed by atoms with Crippen molar-refractivity contribution < 1.29 is 9.18 Å². The van der Waals surface area contributed by atoms with E-state index in [0.717, 1.165) is 16.0 Å². The van der Waals surface area contributed by atoms with Crippen LogP contribution in [0.3, 0.4) is 0 Å². The number of hydrogen-bond acceptors (Lipinski definition) is 3. The largest absolute Gasteiger partial charge is 0.349 e. The topological polar surface area (TPSA) is 32.3 Å². The molecule has 1 atom stereocenters. The van der Waals surface area contributed by atoms with Crippen molar-refractivity contribution in [1.29, 1.82) is 0 Å². The molecule has 0 spiro atoms. The minimum atomic E-state index is -0.265. The molecule has 0 bridgehead atoms. The first-order chi connectivity index (χ1) is 12.5. The van der Waals surface area contributed by atoms with Crippen molar-refractivity contribution in [1.82, 2.24) is 10.2 Å². The number of carbonyl (C=O) groups excluding carboxylic acids is 1. The summed E-state index contributed by atoms with van der Waals surface area (Å²) in [5.74, 6) is -0.356. The maximum Gasteiger partial charge on any atom is 0.261 e. The van der Waals surface area contributed by atoms with Gasteiger partial charge in [-0.05, 0) is 49.5 Å². The molecule has 1 aromatic heterocycles. The highest BCUT2D eigenvalue weighted by atomic mass is 32.1. The number of nitrogens with one attached hydrogen (secondary N) is 1. The molecular formula is C21H21FN2OS. The fourth-order valence-electron chi connectivity index (χ4n) is 2.78. The molecule has 0 radical (unpaired) electrons. The van der Waals surface area contributed by atoms with Crippen LogP contribution >= 0.6 is 11.3 Å². The first kappa shape index (κ1) is 18.3. The van der Waals surface area contributed by atoms with Crippen LogP contribution in [0.2, 0.25) is 0 Å². The third-order valence-corrected chi connectivity index (χ3v) is 5.36. The smallest absolute Gasteiger partial charge is 0.261 e. The van der Waals surface area contributed by atoms with Crippen LogP contribution in [-0.2, 0) is 0 Å². The molecule has 2 aromatic carbocycles. The Morgan fingerprint density at radius 2 is 1.73 bits per heavy atom. The molecule has 1 heterocycles. The van der Waals surface area contributed by atoms with E-state index in [1.807, 2.05) is 44.4 Å². The number of halogens is 1. The molecule has 1 amide bonds. The number of hydrogen-bond donors (Lipinski definition) is 1. The van der Waals surface area contributed by atoms with Gasteiger partial charge in [0.05, 0.1) is 10.9 Å². The van der Waals surface area contributed by atoms with Crippen LogP contribution in [-0.4, -0.2) is 31.4 Å². The molecule has 0 saturated carbocycles. The fourth-order valence-corrected chi connectivity index (χ4v) is 3.71. The first-order valence-electron chi connectivity index (χ1n) is 8.40. The van der Waals surface area contributed by atoms with Gasteiger partial charge in [0, 0.05) is 11.4 Å². The van der Waals surface area contributed by atoms with Crippen molar-refractivity contribution in [3.63, 3.8) is 0 Å². The highest BCUT2D eigenvalue weighted by molar-refractivity contribution is 7.17. The van der Waals surface area contributed by atoms with E-state index in [4.69, 9.17) is 0 Å². The number of benzene rings is 2. The molecule has 3 aromatic rings. The molecule has 3 rings (SSSR count). The second-order valence-corrected chi connectivity index (χ2v) is 7.35. The lowest BCUT2D eigenvalue weighted by Crippen LogP contribution is -2.34. The molecule has 0 aliphatic carbocycles. The number of nitrogens with zero attached hydrogens (tertiary/aromatic N) is 1. The summed E-state index contributed by atoms with van der Waals surface area (Å²) in [6.07, 6.45) is 0. The second kappa shape index (κ2) is 8.25. The number of amides is 1. The monoisotopic (exact) mass is 368 g/mol. The second-order valence-electron chi connectivity index (χ2n) is 6.27. The maximum absolute atomic E-state index is 13.1. The van der Waals surface area contributed by atoms with E-state index in [9.17, 15) is 9.18 Å². The van der Waals surface area contributed by atoms with E-state index in [1.165, 1.54) is 23.5 Å². The van der Waals surface area contributed by atoms with E-state index in [1.54, 1.807) is 12.1 Å². The van der Waals surface area contributed by atoms with Crippen LogP contribution in [0.15, 0.2) is 66.7 Å². The average molecular weight is 368 g/mol. The minimum Gasteiger partial charge on any atom is -0.349 e. The molecule has 134 valence electrons. The number of likely N-dealkylation sites (N-methyl/N-ethyl adjacent to an activating group) is 1. The molecule has 0 saturated heterocycles. The van der Waals surface area contributed by atoms with Crippen molar-refractivity contribution in [2.24, 2.45) is 0 Å². The van der Waals surface area contributed by atoms with Gasteiger partial charge in [-0.25, -0.2) is 4.39 Å². The Balaban J connectivity index is 1.67. The zero-order valence-corrected chi connectivity index (χ0v) is 15.6.